The number of aryl methyl sites for hydroxylation is 1. The number of carboxylic acid groups (broad SMARTS) is 1. The number of hydrogen-bond acceptors (Lipinski definition) is 4. The summed E-state index contributed by atoms with van der Waals surface area (Å²) in [6.45, 7) is 2.16. The maximum atomic E-state index is 12.4. The summed E-state index contributed by atoms with van der Waals surface area (Å²) in [7, 11) is 0. The number of carbonyl (C=O) groups excluding carboxylic acids is 1. The van der Waals surface area contributed by atoms with E-state index < -0.39 is 22.8 Å². The molecule has 7 nitrogen and oxygen atoms in total. The highest BCUT2D eigenvalue weighted by Crippen LogP contribution is 2.25. The lowest BCUT2D eigenvalue weighted by Gasteiger charge is -2.21. The molecule has 1 aromatic carbocycles. The minimum absolute atomic E-state index is 0.102. The Morgan fingerprint density at radius 3 is 2.76 bits per heavy atom. The average molecular weight is 292 g/mol. The van der Waals surface area contributed by atoms with Crippen LogP contribution in [-0.2, 0) is 11.2 Å². The zero-order chi connectivity index (χ0) is 15.6. The monoisotopic (exact) mass is 292 g/mol. The topological polar surface area (TPSA) is 101 Å². The molecule has 0 aromatic heterocycles. The van der Waals surface area contributed by atoms with Crippen LogP contribution >= 0.6 is 0 Å². The molecule has 7 heteroatoms. The van der Waals surface area contributed by atoms with Crippen LogP contribution in [0.2, 0.25) is 0 Å². The normalized spacial score (nSPS) is 17.8. The van der Waals surface area contributed by atoms with Gasteiger partial charge in [0.25, 0.3) is 11.6 Å². The van der Waals surface area contributed by atoms with Gasteiger partial charge in [0.2, 0.25) is 0 Å². The van der Waals surface area contributed by atoms with E-state index >= 15 is 0 Å². The summed E-state index contributed by atoms with van der Waals surface area (Å²) in [5.41, 5.74) is 0.606. The Morgan fingerprint density at radius 2 is 2.19 bits per heavy atom. The van der Waals surface area contributed by atoms with Gasteiger partial charge in [0.05, 0.1) is 4.92 Å². The van der Waals surface area contributed by atoms with E-state index in [0.29, 0.717) is 31.4 Å². The number of nitro benzene ring substituents is 1. The number of hydrogen-bond donors (Lipinski definition) is 1. The predicted molar refractivity (Wildman–Crippen MR) is 74.2 cm³/mol. The molecule has 1 N–H and O–H groups in total. The summed E-state index contributed by atoms with van der Waals surface area (Å²) in [5.74, 6) is -1.51. The molecule has 112 valence electrons. The molecule has 1 aliphatic heterocycles. The minimum Gasteiger partial charge on any atom is -0.480 e. The van der Waals surface area contributed by atoms with Crippen molar-refractivity contribution in [3.05, 3.63) is 39.4 Å². The first-order chi connectivity index (χ1) is 9.95. The number of nitrogens with zero attached hydrogens (tertiary/aromatic N) is 2. The third-order valence-corrected chi connectivity index (χ3v) is 3.71. The van der Waals surface area contributed by atoms with Crippen LogP contribution in [0.1, 0.15) is 35.7 Å². The Morgan fingerprint density at radius 1 is 1.48 bits per heavy atom. The average Bonchev–Trinajstić information content (AvgIpc) is 2.95. The smallest absolute Gasteiger partial charge is 0.326 e. The van der Waals surface area contributed by atoms with Crippen molar-refractivity contribution >= 4 is 17.6 Å². The summed E-state index contributed by atoms with van der Waals surface area (Å²) in [5, 5.41) is 20.1. The van der Waals surface area contributed by atoms with Crippen molar-refractivity contribution in [2.24, 2.45) is 0 Å². The maximum absolute atomic E-state index is 12.4. The Labute approximate surface area is 121 Å². The molecule has 1 aromatic rings. The van der Waals surface area contributed by atoms with Crippen molar-refractivity contribution in [2.75, 3.05) is 6.54 Å². The van der Waals surface area contributed by atoms with Crippen molar-refractivity contribution in [1.82, 2.24) is 4.90 Å². The highest BCUT2D eigenvalue weighted by Gasteiger charge is 2.34. The molecule has 0 saturated carbocycles. The molecule has 1 aliphatic rings. The molecule has 1 fully saturated rings. The fourth-order valence-electron chi connectivity index (χ4n) is 2.60. The highest BCUT2D eigenvalue weighted by atomic mass is 16.6. The number of rotatable bonds is 4. The summed E-state index contributed by atoms with van der Waals surface area (Å²) >= 11 is 0. The number of carbonyl (C=O) groups is 2. The molecule has 1 amide bonds. The fraction of sp³-hybridized carbons (Fsp3) is 0.429. The van der Waals surface area contributed by atoms with Gasteiger partial charge in [-0.1, -0.05) is 13.0 Å². The van der Waals surface area contributed by atoms with Crippen LogP contribution < -0.4 is 0 Å². The zero-order valence-corrected chi connectivity index (χ0v) is 11.6. The van der Waals surface area contributed by atoms with Gasteiger partial charge in [0, 0.05) is 23.7 Å². The van der Waals surface area contributed by atoms with Crippen LogP contribution in [0.15, 0.2) is 18.2 Å². The van der Waals surface area contributed by atoms with E-state index in [0.717, 1.165) is 0 Å². The van der Waals surface area contributed by atoms with Crippen LogP contribution in [0, 0.1) is 10.1 Å². The molecule has 0 bridgehead atoms. The third-order valence-electron chi connectivity index (χ3n) is 3.71. The van der Waals surface area contributed by atoms with Gasteiger partial charge in [-0.25, -0.2) is 4.79 Å². The molecule has 0 spiro atoms. The van der Waals surface area contributed by atoms with Gasteiger partial charge in [0.15, 0.2) is 0 Å². The van der Waals surface area contributed by atoms with Crippen LogP contribution in [0.5, 0.6) is 0 Å². The number of nitro groups is 1. The molecular weight excluding hydrogens is 276 g/mol. The van der Waals surface area contributed by atoms with E-state index in [1.807, 2.05) is 0 Å². The van der Waals surface area contributed by atoms with Crippen LogP contribution in [0.4, 0.5) is 5.69 Å². The second kappa shape index (κ2) is 5.90. The van der Waals surface area contributed by atoms with Gasteiger partial charge in [0.1, 0.15) is 6.04 Å². The molecule has 21 heavy (non-hydrogen) atoms. The third kappa shape index (κ3) is 2.86. The molecule has 0 radical (unpaired) electrons. The first kappa shape index (κ1) is 15.0. The van der Waals surface area contributed by atoms with Crippen LogP contribution in [-0.4, -0.2) is 39.4 Å². The van der Waals surface area contributed by atoms with E-state index in [1.54, 1.807) is 13.0 Å². The molecule has 1 heterocycles. The number of likely N-dealkylation sites (tertiary alicyclic amines) is 1. The first-order valence-corrected chi connectivity index (χ1v) is 6.76. The maximum Gasteiger partial charge on any atom is 0.326 e. The quantitative estimate of drug-likeness (QED) is 0.674. The van der Waals surface area contributed by atoms with Crippen molar-refractivity contribution in [2.45, 2.75) is 32.2 Å². The van der Waals surface area contributed by atoms with E-state index in [9.17, 15) is 19.7 Å². The fourth-order valence-corrected chi connectivity index (χ4v) is 2.60. The van der Waals surface area contributed by atoms with E-state index in [-0.39, 0.29) is 11.3 Å². The van der Waals surface area contributed by atoms with Crippen molar-refractivity contribution < 1.29 is 19.6 Å². The number of aliphatic carboxylic acids is 1. The molecule has 0 unspecified atom stereocenters. The predicted octanol–water partition coefficient (Wildman–Crippen LogP) is 1.85. The molecule has 0 aliphatic carbocycles. The second-order valence-electron chi connectivity index (χ2n) is 4.95. The highest BCUT2D eigenvalue weighted by molar-refractivity contribution is 5.97. The largest absolute Gasteiger partial charge is 0.480 e. The lowest BCUT2D eigenvalue weighted by atomic mass is 10.1. The van der Waals surface area contributed by atoms with Gasteiger partial charge in [-0.3, -0.25) is 14.9 Å². The van der Waals surface area contributed by atoms with Gasteiger partial charge in [-0.2, -0.15) is 0 Å². The number of carboxylic acids is 1. The molecule has 1 atom stereocenters. The summed E-state index contributed by atoms with van der Waals surface area (Å²) in [4.78, 5) is 35.3. The van der Waals surface area contributed by atoms with Gasteiger partial charge in [-0.05, 0) is 25.3 Å². The second-order valence-corrected chi connectivity index (χ2v) is 4.95. The standard InChI is InChI=1S/C14H16N2O5/c1-2-9-5-6-10(8-12(9)16(20)21)13(17)15-7-3-4-11(15)14(18)19/h5-6,8,11H,2-4,7H2,1H3,(H,18,19)/t11-/m0/s1. The summed E-state index contributed by atoms with van der Waals surface area (Å²) in [6, 6.07) is 3.46. The van der Waals surface area contributed by atoms with Crippen molar-refractivity contribution in [3.63, 3.8) is 0 Å². The minimum atomic E-state index is -1.04. The molecule has 1 saturated heterocycles. The molecule has 2 rings (SSSR count). The SMILES string of the molecule is CCc1ccc(C(=O)N2CCC[C@H]2C(=O)O)cc1[N+](=O)[O-]. The van der Waals surface area contributed by atoms with Crippen LogP contribution in [0.25, 0.3) is 0 Å². The Hall–Kier alpha value is -2.44. The number of benzene rings is 1. The van der Waals surface area contributed by atoms with E-state index in [1.165, 1.54) is 17.0 Å². The lowest BCUT2D eigenvalue weighted by Crippen LogP contribution is -2.40. The van der Waals surface area contributed by atoms with Crippen LogP contribution in [0.3, 0.4) is 0 Å². The zero-order valence-electron chi connectivity index (χ0n) is 11.6. The summed E-state index contributed by atoms with van der Waals surface area (Å²) < 4.78 is 0. The Kier molecular flexibility index (Phi) is 4.21. The lowest BCUT2D eigenvalue weighted by molar-refractivity contribution is -0.385. The first-order valence-electron chi connectivity index (χ1n) is 6.76. The van der Waals surface area contributed by atoms with Crippen molar-refractivity contribution in [3.8, 4) is 0 Å². The van der Waals surface area contributed by atoms with E-state index in [4.69, 9.17) is 5.11 Å². The Balaban J connectivity index is 2.33. The summed E-state index contributed by atoms with van der Waals surface area (Å²) in [6.07, 6.45) is 1.53. The van der Waals surface area contributed by atoms with Gasteiger partial charge < -0.3 is 10.0 Å². The Bertz CT molecular complexity index is 599. The molecular formula is C14H16N2O5. The number of amides is 1. The van der Waals surface area contributed by atoms with Gasteiger partial charge >= 0.3 is 5.97 Å². The van der Waals surface area contributed by atoms with Crippen molar-refractivity contribution in [1.29, 1.82) is 0 Å². The van der Waals surface area contributed by atoms with Gasteiger partial charge in [-0.15, -0.1) is 0 Å². The van der Waals surface area contributed by atoms with E-state index in [2.05, 4.69) is 0 Å².